The zero-order valence-corrected chi connectivity index (χ0v) is 23.5. The number of aliphatic carboxylic acids is 1. The highest BCUT2D eigenvalue weighted by molar-refractivity contribution is 7.92. The van der Waals surface area contributed by atoms with Gasteiger partial charge in [0.15, 0.2) is 9.84 Å². The summed E-state index contributed by atoms with van der Waals surface area (Å²) in [4.78, 5) is 31.1. The number of hydrogen-bond donors (Lipinski definition) is 1. The Morgan fingerprint density at radius 1 is 1.05 bits per heavy atom. The van der Waals surface area contributed by atoms with Crippen LogP contribution in [0.2, 0.25) is 0 Å². The quantitative estimate of drug-likeness (QED) is 0.477. The number of carbonyl (C=O) groups excluding carboxylic acids is 1. The highest BCUT2D eigenvalue weighted by atomic mass is 32.2. The van der Waals surface area contributed by atoms with Gasteiger partial charge in [0.2, 0.25) is 11.6 Å². The molecular formula is C29H32F4N2O5S. The van der Waals surface area contributed by atoms with Crippen molar-refractivity contribution in [1.82, 2.24) is 9.88 Å². The van der Waals surface area contributed by atoms with Crippen LogP contribution in [0.5, 0.6) is 0 Å². The third-order valence-electron chi connectivity index (χ3n) is 9.39. The molecule has 2 aromatic rings. The Hall–Kier alpha value is -3.02. The molecule has 1 saturated heterocycles. The molecule has 7 nitrogen and oxygen atoms in total. The van der Waals surface area contributed by atoms with Gasteiger partial charge in [-0.25, -0.2) is 12.8 Å². The summed E-state index contributed by atoms with van der Waals surface area (Å²) in [6.45, 7) is 2.32. The topological polar surface area (TPSA) is 105 Å². The van der Waals surface area contributed by atoms with Gasteiger partial charge in [-0.2, -0.15) is 13.2 Å². The summed E-state index contributed by atoms with van der Waals surface area (Å²) < 4.78 is 82.5. The first-order chi connectivity index (χ1) is 19.1. The molecule has 1 aromatic carbocycles. The molecule has 0 radical (unpaired) electrons. The monoisotopic (exact) mass is 596 g/mol. The molecule has 0 bridgehead atoms. The van der Waals surface area contributed by atoms with Gasteiger partial charge in [0.25, 0.3) is 0 Å². The average Bonchev–Trinajstić information content (AvgIpc) is 3.34. The molecule has 222 valence electrons. The molecule has 1 amide bonds. The number of carbonyl (C=O) groups is 2. The summed E-state index contributed by atoms with van der Waals surface area (Å²) >= 11 is 0. The van der Waals surface area contributed by atoms with E-state index in [1.807, 2.05) is 6.92 Å². The first-order valence-corrected chi connectivity index (χ1v) is 15.2. The summed E-state index contributed by atoms with van der Waals surface area (Å²) in [6.07, 6.45) is -3.97. The number of likely N-dealkylation sites (tertiary alicyclic amines) is 1. The van der Waals surface area contributed by atoms with Gasteiger partial charge in [-0.15, -0.1) is 0 Å². The number of rotatable bonds is 5. The summed E-state index contributed by atoms with van der Waals surface area (Å²) in [6, 6.07) is 9.01. The number of halogens is 4. The zero-order valence-electron chi connectivity index (χ0n) is 22.7. The summed E-state index contributed by atoms with van der Waals surface area (Å²) in [5.74, 6) is -2.37. The maximum atomic E-state index is 14.9. The molecule has 1 aromatic heterocycles. The van der Waals surface area contributed by atoms with Crippen molar-refractivity contribution in [3.05, 3.63) is 59.4 Å². The van der Waals surface area contributed by atoms with Crippen LogP contribution in [-0.2, 0) is 36.3 Å². The van der Waals surface area contributed by atoms with E-state index in [1.54, 1.807) is 23.1 Å². The number of carboxylic acid groups (broad SMARTS) is 1. The minimum Gasteiger partial charge on any atom is -0.481 e. The second-order valence-electron chi connectivity index (χ2n) is 11.7. The normalized spacial score (nSPS) is 29.8. The van der Waals surface area contributed by atoms with Gasteiger partial charge in [0.05, 0.1) is 22.5 Å². The number of carboxylic acids is 1. The van der Waals surface area contributed by atoms with Gasteiger partial charge in [0, 0.05) is 18.2 Å². The van der Waals surface area contributed by atoms with Crippen LogP contribution >= 0.6 is 0 Å². The van der Waals surface area contributed by atoms with Crippen LogP contribution in [-0.4, -0.2) is 54.0 Å². The van der Waals surface area contributed by atoms with Gasteiger partial charge in [-0.1, -0.05) is 31.2 Å². The number of aromatic nitrogens is 1. The standard InChI is InChI=1S/C29H32F4N2O5S/c1-17-16-18(26(37)38)8-9-20(17)25(36)35-15-14-28(41(39,40)19-6-4-3-5-7-19)21-10-12-23(27(2,30)29(31,32)33)34-22(21)11-13-24(28)35/h3-7,10,12,17-18,20,24H,8-9,11,13-16H2,1-2H3,(H,37,38)/t17-,18+,20+,24?,27?,28?/m0/s1. The molecule has 5 rings (SSSR count). The Bertz CT molecular complexity index is 1460. The molecule has 1 aliphatic heterocycles. The Morgan fingerprint density at radius 3 is 2.34 bits per heavy atom. The van der Waals surface area contributed by atoms with Crippen LogP contribution in [0.25, 0.3) is 0 Å². The van der Waals surface area contributed by atoms with Crippen molar-refractivity contribution in [2.24, 2.45) is 17.8 Å². The highest BCUT2D eigenvalue weighted by Gasteiger charge is 2.62. The van der Waals surface area contributed by atoms with E-state index in [0.29, 0.717) is 26.2 Å². The Kier molecular flexibility index (Phi) is 7.23. The molecule has 6 atom stereocenters. The molecule has 2 heterocycles. The van der Waals surface area contributed by atoms with Crippen LogP contribution in [0.3, 0.4) is 0 Å². The SMILES string of the molecule is C[C@H]1C[C@H](C(=O)O)CC[C@H]1C(=O)N1CCC2(S(=O)(=O)c3ccccc3)c3ccc(C(C)(F)C(F)(F)F)nc3CCC12. The van der Waals surface area contributed by atoms with E-state index in [4.69, 9.17) is 0 Å². The number of alkyl halides is 4. The molecule has 1 saturated carbocycles. The number of aryl methyl sites for hydroxylation is 1. The van der Waals surface area contributed by atoms with E-state index in [1.165, 1.54) is 18.2 Å². The van der Waals surface area contributed by atoms with Gasteiger partial charge in [-0.3, -0.25) is 14.6 Å². The molecule has 3 aliphatic rings. The second-order valence-corrected chi connectivity index (χ2v) is 13.9. The third kappa shape index (κ3) is 4.53. The van der Waals surface area contributed by atoms with Crippen LogP contribution in [0.1, 0.15) is 62.9 Å². The molecule has 41 heavy (non-hydrogen) atoms. The number of fused-ring (bicyclic) bond motifs is 3. The fourth-order valence-corrected chi connectivity index (χ4v) is 9.43. The predicted molar refractivity (Wildman–Crippen MR) is 140 cm³/mol. The van der Waals surface area contributed by atoms with E-state index in [9.17, 15) is 40.7 Å². The van der Waals surface area contributed by atoms with Crippen molar-refractivity contribution in [3.63, 3.8) is 0 Å². The second kappa shape index (κ2) is 10.1. The lowest BCUT2D eigenvalue weighted by Crippen LogP contribution is -2.54. The van der Waals surface area contributed by atoms with E-state index in [2.05, 4.69) is 4.98 Å². The van der Waals surface area contributed by atoms with E-state index in [0.717, 1.165) is 6.07 Å². The lowest BCUT2D eigenvalue weighted by Gasteiger charge is -2.43. The van der Waals surface area contributed by atoms with Crippen LogP contribution < -0.4 is 0 Å². The Balaban J connectivity index is 1.59. The first kappa shape index (κ1) is 29.5. The minimum absolute atomic E-state index is 0.000321. The van der Waals surface area contributed by atoms with Gasteiger partial charge >= 0.3 is 12.1 Å². The number of amides is 1. The number of hydrogen-bond acceptors (Lipinski definition) is 5. The summed E-state index contributed by atoms with van der Waals surface area (Å²) in [5.41, 5.74) is -4.30. The molecular weight excluding hydrogens is 564 g/mol. The molecule has 1 N–H and O–H groups in total. The van der Waals surface area contributed by atoms with Crippen LogP contribution in [0.15, 0.2) is 47.4 Å². The third-order valence-corrected chi connectivity index (χ3v) is 11.9. The lowest BCUT2D eigenvalue weighted by atomic mass is 9.74. The van der Waals surface area contributed by atoms with Crippen molar-refractivity contribution >= 4 is 21.7 Å². The number of nitrogens with zero attached hydrogens (tertiary/aromatic N) is 2. The molecule has 12 heteroatoms. The van der Waals surface area contributed by atoms with E-state index >= 15 is 0 Å². The summed E-state index contributed by atoms with van der Waals surface area (Å²) in [7, 11) is -4.21. The molecule has 0 spiro atoms. The van der Waals surface area contributed by atoms with E-state index < -0.39 is 56.0 Å². The molecule has 2 aliphatic carbocycles. The van der Waals surface area contributed by atoms with Crippen LogP contribution in [0.4, 0.5) is 17.6 Å². The number of benzene rings is 1. The van der Waals surface area contributed by atoms with Crippen LogP contribution in [0, 0.1) is 17.8 Å². The molecule has 3 unspecified atom stereocenters. The smallest absolute Gasteiger partial charge is 0.428 e. The lowest BCUT2D eigenvalue weighted by molar-refractivity contribution is -0.230. The fourth-order valence-electron chi connectivity index (χ4n) is 7.05. The number of pyridine rings is 1. The van der Waals surface area contributed by atoms with E-state index in [-0.39, 0.29) is 53.8 Å². The van der Waals surface area contributed by atoms with Crippen molar-refractivity contribution in [3.8, 4) is 0 Å². The van der Waals surface area contributed by atoms with Crippen molar-refractivity contribution < 1.29 is 40.7 Å². The predicted octanol–water partition coefficient (Wildman–Crippen LogP) is 5.18. The van der Waals surface area contributed by atoms with Crippen molar-refractivity contribution in [2.75, 3.05) is 6.54 Å². The molecule has 2 fully saturated rings. The summed E-state index contributed by atoms with van der Waals surface area (Å²) in [5, 5.41) is 9.43. The van der Waals surface area contributed by atoms with Crippen molar-refractivity contribution in [1.29, 1.82) is 0 Å². The average molecular weight is 597 g/mol. The first-order valence-electron chi connectivity index (χ1n) is 13.7. The van der Waals surface area contributed by atoms with Gasteiger partial charge in [-0.05, 0) is 75.1 Å². The fraction of sp³-hybridized carbons (Fsp3) is 0.552. The van der Waals surface area contributed by atoms with Gasteiger partial charge in [0.1, 0.15) is 4.75 Å². The zero-order chi connectivity index (χ0) is 30.0. The highest BCUT2D eigenvalue weighted by Crippen LogP contribution is 2.54. The Labute approximate surface area is 235 Å². The maximum absolute atomic E-state index is 14.9. The minimum atomic E-state index is -5.22. The largest absolute Gasteiger partial charge is 0.481 e. The van der Waals surface area contributed by atoms with Gasteiger partial charge < -0.3 is 10.0 Å². The maximum Gasteiger partial charge on any atom is 0.428 e. The van der Waals surface area contributed by atoms with Crippen molar-refractivity contribution in [2.45, 2.75) is 79.9 Å². The number of sulfone groups is 1. The Morgan fingerprint density at radius 2 is 1.73 bits per heavy atom.